The van der Waals surface area contributed by atoms with Gasteiger partial charge in [-0.1, -0.05) is 66.7 Å². The smallest absolute Gasteiger partial charge is 0.323 e. The van der Waals surface area contributed by atoms with Crippen molar-refractivity contribution in [2.75, 3.05) is 7.11 Å². The van der Waals surface area contributed by atoms with Gasteiger partial charge in [-0.25, -0.2) is 0 Å². The number of benzene rings is 4. The normalized spacial score (nSPS) is 12.1. The molecule has 8 nitrogen and oxygen atoms in total. The predicted molar refractivity (Wildman–Crippen MR) is 155 cm³/mol. The molecule has 0 heterocycles. The Balaban J connectivity index is 1.56. The first-order valence-corrected chi connectivity index (χ1v) is 13.1. The van der Waals surface area contributed by atoms with Crippen LogP contribution in [0.2, 0.25) is 0 Å². The Morgan fingerprint density at radius 2 is 1.71 bits per heavy atom. The van der Waals surface area contributed by atoms with E-state index < -0.39 is 18.1 Å². The highest BCUT2D eigenvalue weighted by Gasteiger charge is 2.23. The molecule has 0 spiro atoms. The van der Waals surface area contributed by atoms with E-state index in [2.05, 4.69) is 11.4 Å². The van der Waals surface area contributed by atoms with Crippen molar-refractivity contribution in [1.82, 2.24) is 5.32 Å². The van der Waals surface area contributed by atoms with E-state index in [9.17, 15) is 20.3 Å². The van der Waals surface area contributed by atoms with Crippen LogP contribution < -0.4 is 19.5 Å². The quantitative estimate of drug-likeness (QED) is 0.204. The molecule has 0 saturated carbocycles. The second-order valence-corrected chi connectivity index (χ2v) is 9.46. The molecule has 0 aliphatic rings. The van der Waals surface area contributed by atoms with Crippen LogP contribution in [0.1, 0.15) is 29.2 Å². The second kappa shape index (κ2) is 14.0. The summed E-state index contributed by atoms with van der Waals surface area (Å²) >= 11 is 0. The van der Waals surface area contributed by atoms with E-state index in [1.54, 1.807) is 43.5 Å². The molecule has 0 saturated heterocycles. The number of aliphatic hydroxyl groups excluding tert-OH is 1. The van der Waals surface area contributed by atoms with Gasteiger partial charge in [0.05, 0.1) is 24.8 Å². The lowest BCUT2D eigenvalue weighted by atomic mass is 10.0. The van der Waals surface area contributed by atoms with Crippen molar-refractivity contribution >= 4 is 5.97 Å². The Bertz CT molecular complexity index is 1510. The minimum Gasteiger partial charge on any atom is -0.496 e. The second-order valence-electron chi connectivity index (χ2n) is 9.46. The fourth-order valence-corrected chi connectivity index (χ4v) is 4.43. The minimum atomic E-state index is -1.15. The van der Waals surface area contributed by atoms with E-state index in [1.807, 2.05) is 54.6 Å². The number of carboxylic acid groups (broad SMARTS) is 1. The number of hydrogen-bond acceptors (Lipinski definition) is 7. The SMILES string of the molecule is COc1c(COc2ccc(CN[C@H](C(=O)O)[C@H](C)O)c(OCc3cccc(C#N)c3)c2)cccc1-c1ccccc1. The van der Waals surface area contributed by atoms with Gasteiger partial charge in [0.2, 0.25) is 0 Å². The fourth-order valence-electron chi connectivity index (χ4n) is 4.43. The van der Waals surface area contributed by atoms with Gasteiger partial charge < -0.3 is 24.4 Å². The van der Waals surface area contributed by atoms with Crippen LogP contribution in [0.3, 0.4) is 0 Å². The maximum absolute atomic E-state index is 11.5. The molecule has 0 radical (unpaired) electrons. The Kier molecular flexibility index (Phi) is 9.94. The van der Waals surface area contributed by atoms with Gasteiger partial charge in [0.15, 0.2) is 0 Å². The highest BCUT2D eigenvalue weighted by Crippen LogP contribution is 2.34. The van der Waals surface area contributed by atoms with E-state index >= 15 is 0 Å². The first-order valence-electron chi connectivity index (χ1n) is 13.1. The molecule has 0 unspecified atom stereocenters. The maximum Gasteiger partial charge on any atom is 0.323 e. The summed E-state index contributed by atoms with van der Waals surface area (Å²) in [7, 11) is 1.64. The Labute approximate surface area is 239 Å². The van der Waals surface area contributed by atoms with Crippen LogP contribution in [0.4, 0.5) is 0 Å². The number of nitrogens with zero attached hydrogens (tertiary/aromatic N) is 1. The minimum absolute atomic E-state index is 0.142. The molecule has 4 aromatic rings. The monoisotopic (exact) mass is 552 g/mol. The molecule has 8 heteroatoms. The highest BCUT2D eigenvalue weighted by molar-refractivity contribution is 5.74. The van der Waals surface area contributed by atoms with E-state index in [0.717, 1.165) is 28.0 Å². The van der Waals surface area contributed by atoms with E-state index in [0.29, 0.717) is 22.6 Å². The summed E-state index contributed by atoms with van der Waals surface area (Å²) in [5.41, 5.74) is 4.89. The van der Waals surface area contributed by atoms with Crippen LogP contribution >= 0.6 is 0 Å². The zero-order valence-corrected chi connectivity index (χ0v) is 22.9. The van der Waals surface area contributed by atoms with Crippen LogP contribution in [0, 0.1) is 11.3 Å². The topological polar surface area (TPSA) is 121 Å². The summed E-state index contributed by atoms with van der Waals surface area (Å²) < 4.78 is 18.0. The average molecular weight is 553 g/mol. The zero-order valence-electron chi connectivity index (χ0n) is 22.9. The number of aliphatic hydroxyl groups is 1. The number of carbonyl (C=O) groups is 1. The first kappa shape index (κ1) is 29.2. The third-order valence-corrected chi connectivity index (χ3v) is 6.53. The van der Waals surface area contributed by atoms with Crippen molar-refractivity contribution in [2.45, 2.75) is 38.8 Å². The number of hydrogen-bond donors (Lipinski definition) is 3. The Morgan fingerprint density at radius 3 is 2.41 bits per heavy atom. The molecular formula is C33H32N2O6. The molecule has 4 aromatic carbocycles. The Morgan fingerprint density at radius 1 is 0.927 bits per heavy atom. The number of nitrogens with one attached hydrogen (secondary N) is 1. The maximum atomic E-state index is 11.5. The van der Waals surface area contributed by atoms with Crippen LogP contribution in [0.15, 0.2) is 91.0 Å². The van der Waals surface area contributed by atoms with Gasteiger partial charge >= 0.3 is 5.97 Å². The van der Waals surface area contributed by atoms with Crippen LogP contribution in [0.5, 0.6) is 17.2 Å². The van der Waals surface area contributed by atoms with Crippen LogP contribution in [-0.4, -0.2) is 35.4 Å². The van der Waals surface area contributed by atoms with E-state index in [-0.39, 0.29) is 19.8 Å². The summed E-state index contributed by atoms with van der Waals surface area (Å²) in [5.74, 6) is 0.609. The molecule has 0 aliphatic heterocycles. The molecule has 0 aliphatic carbocycles. The summed E-state index contributed by atoms with van der Waals surface area (Å²) in [6.45, 7) is 2.00. The highest BCUT2D eigenvalue weighted by atomic mass is 16.5. The molecule has 210 valence electrons. The molecule has 0 amide bonds. The summed E-state index contributed by atoms with van der Waals surface area (Å²) in [4.78, 5) is 11.5. The van der Waals surface area contributed by atoms with Gasteiger partial charge in [0.1, 0.15) is 36.5 Å². The predicted octanol–water partition coefficient (Wildman–Crippen LogP) is 5.32. The third-order valence-electron chi connectivity index (χ3n) is 6.53. The summed E-state index contributed by atoms with van der Waals surface area (Å²) in [5, 5.41) is 31.4. The molecule has 2 atom stereocenters. The lowest BCUT2D eigenvalue weighted by molar-refractivity contribution is -0.142. The molecular weight excluding hydrogens is 520 g/mol. The van der Waals surface area contributed by atoms with Crippen molar-refractivity contribution < 1.29 is 29.2 Å². The van der Waals surface area contributed by atoms with Crippen molar-refractivity contribution in [3.63, 3.8) is 0 Å². The third kappa shape index (κ3) is 7.63. The fraction of sp³-hybridized carbons (Fsp3) is 0.212. The lowest BCUT2D eigenvalue weighted by Crippen LogP contribution is -2.44. The first-order chi connectivity index (χ1) is 19.9. The van der Waals surface area contributed by atoms with Crippen molar-refractivity contribution in [2.24, 2.45) is 0 Å². The van der Waals surface area contributed by atoms with Crippen LogP contribution in [-0.2, 0) is 24.6 Å². The zero-order chi connectivity index (χ0) is 29.2. The van der Waals surface area contributed by atoms with Crippen molar-refractivity contribution in [3.05, 3.63) is 113 Å². The number of aliphatic carboxylic acids is 1. The lowest BCUT2D eigenvalue weighted by Gasteiger charge is -2.19. The standard InChI is InChI=1S/C33H32N2O6/c1-22(36)31(33(37)38)35-19-26-14-15-28(17-30(26)41-20-24-9-6-8-23(16-24)18-34)40-21-27-12-7-13-29(32(27)39-2)25-10-4-3-5-11-25/h3-17,22,31,35-36H,19-21H2,1-2H3,(H,37,38)/t22-,31-/m0/s1. The van der Waals surface area contributed by atoms with Gasteiger partial charge in [-0.15, -0.1) is 0 Å². The Hall–Kier alpha value is -4.84. The van der Waals surface area contributed by atoms with Gasteiger partial charge in [-0.3, -0.25) is 10.1 Å². The number of ether oxygens (including phenoxy) is 3. The summed E-state index contributed by atoms with van der Waals surface area (Å²) in [6, 6.07) is 29.3. The van der Waals surface area contributed by atoms with Gasteiger partial charge in [-0.2, -0.15) is 5.26 Å². The van der Waals surface area contributed by atoms with Gasteiger partial charge in [0, 0.05) is 29.3 Å². The molecule has 3 N–H and O–H groups in total. The van der Waals surface area contributed by atoms with Crippen molar-refractivity contribution in [3.8, 4) is 34.4 Å². The molecule has 0 aromatic heterocycles. The number of para-hydroxylation sites is 1. The molecule has 4 rings (SSSR count). The van der Waals surface area contributed by atoms with Gasteiger partial charge in [0.25, 0.3) is 0 Å². The van der Waals surface area contributed by atoms with E-state index in [1.165, 1.54) is 6.92 Å². The summed E-state index contributed by atoms with van der Waals surface area (Å²) in [6.07, 6.45) is -1.09. The number of methoxy groups -OCH3 is 1. The van der Waals surface area contributed by atoms with E-state index in [4.69, 9.17) is 14.2 Å². The van der Waals surface area contributed by atoms with Crippen LogP contribution in [0.25, 0.3) is 11.1 Å². The largest absolute Gasteiger partial charge is 0.496 e. The molecule has 41 heavy (non-hydrogen) atoms. The number of nitriles is 1. The number of carboxylic acids is 1. The number of rotatable bonds is 13. The average Bonchev–Trinajstić information content (AvgIpc) is 2.99. The molecule has 0 fully saturated rings. The van der Waals surface area contributed by atoms with Crippen molar-refractivity contribution in [1.29, 1.82) is 5.26 Å². The van der Waals surface area contributed by atoms with Gasteiger partial charge in [-0.05, 0) is 36.2 Å². The molecule has 0 bridgehead atoms.